The molecule has 1 nitrogen and oxygen atoms in total. The number of benzene rings is 2. The number of hydrogen-bond donors (Lipinski definition) is 0. The Bertz CT molecular complexity index is 823. The van der Waals surface area contributed by atoms with Gasteiger partial charge in [-0.25, -0.2) is 8.78 Å². The average molecular weight is 372 g/mol. The molecule has 146 valence electrons. The first-order valence-corrected chi connectivity index (χ1v) is 9.89. The number of ether oxygens (including phenoxy) is 1. The lowest BCUT2D eigenvalue weighted by Gasteiger charge is -2.30. The lowest BCUT2D eigenvalue weighted by Crippen LogP contribution is -2.17. The molecule has 1 saturated carbocycles. The largest absolute Gasteiger partial charge is 0.497 e. The van der Waals surface area contributed by atoms with Gasteiger partial charge in [-0.05, 0) is 77.5 Å². The third kappa shape index (κ3) is 4.02. The Morgan fingerprint density at radius 2 is 1.81 bits per heavy atom. The predicted octanol–water partition coefficient (Wildman–Crippen LogP) is 7.13. The summed E-state index contributed by atoms with van der Waals surface area (Å²) < 4.78 is 34.9. The van der Waals surface area contributed by atoms with Gasteiger partial charge in [0.25, 0.3) is 0 Å². The highest BCUT2D eigenvalue weighted by Gasteiger charge is 2.37. The van der Waals surface area contributed by atoms with Crippen LogP contribution in [0.3, 0.4) is 0 Å². The first kappa shape index (κ1) is 19.9. The van der Waals surface area contributed by atoms with E-state index in [9.17, 15) is 8.78 Å². The Labute approximate surface area is 161 Å². The van der Waals surface area contributed by atoms with Crippen molar-refractivity contribution >= 4 is 0 Å². The first-order valence-electron chi connectivity index (χ1n) is 9.89. The highest BCUT2D eigenvalue weighted by Crippen LogP contribution is 2.51. The van der Waals surface area contributed by atoms with Crippen LogP contribution in [0.15, 0.2) is 30.3 Å². The van der Waals surface area contributed by atoms with Crippen LogP contribution in [0.2, 0.25) is 0 Å². The van der Waals surface area contributed by atoms with Gasteiger partial charge in [0.1, 0.15) is 17.4 Å². The van der Waals surface area contributed by atoms with Gasteiger partial charge < -0.3 is 4.74 Å². The van der Waals surface area contributed by atoms with Crippen LogP contribution >= 0.6 is 0 Å². The second-order valence-electron chi connectivity index (χ2n) is 8.91. The Morgan fingerprint density at radius 1 is 1.07 bits per heavy atom. The fourth-order valence-corrected chi connectivity index (χ4v) is 4.50. The zero-order chi connectivity index (χ0) is 19.8. The molecule has 2 aromatic rings. The summed E-state index contributed by atoms with van der Waals surface area (Å²) in [6, 6.07) is 8.22. The van der Waals surface area contributed by atoms with Crippen molar-refractivity contribution in [2.24, 2.45) is 11.3 Å². The molecule has 0 saturated heterocycles. The minimum atomic E-state index is -0.344. The summed E-state index contributed by atoms with van der Waals surface area (Å²) in [5, 5.41) is 0. The number of halogens is 2. The van der Waals surface area contributed by atoms with Crippen LogP contribution < -0.4 is 4.74 Å². The summed E-state index contributed by atoms with van der Waals surface area (Å²) in [5.41, 5.74) is 3.01. The van der Waals surface area contributed by atoms with Crippen molar-refractivity contribution in [3.8, 4) is 16.9 Å². The molecule has 0 bridgehead atoms. The van der Waals surface area contributed by atoms with Crippen LogP contribution in [0, 0.1) is 23.0 Å². The maximum atomic E-state index is 14.9. The lowest BCUT2D eigenvalue weighted by atomic mass is 9.74. The van der Waals surface area contributed by atoms with Crippen LogP contribution in [-0.4, -0.2) is 7.11 Å². The van der Waals surface area contributed by atoms with Crippen molar-refractivity contribution in [3.63, 3.8) is 0 Å². The zero-order valence-electron chi connectivity index (χ0n) is 17.0. The molecule has 0 unspecified atom stereocenters. The van der Waals surface area contributed by atoms with E-state index in [2.05, 4.69) is 27.7 Å². The molecule has 0 spiro atoms. The van der Waals surface area contributed by atoms with Crippen LogP contribution in [0.5, 0.6) is 5.75 Å². The van der Waals surface area contributed by atoms with E-state index < -0.39 is 0 Å². The quantitative estimate of drug-likeness (QED) is 0.542. The topological polar surface area (TPSA) is 9.23 Å². The number of hydrogen-bond acceptors (Lipinski definition) is 1. The van der Waals surface area contributed by atoms with Gasteiger partial charge in [0, 0.05) is 5.56 Å². The maximum absolute atomic E-state index is 14.9. The molecular formula is C24H30F2O. The van der Waals surface area contributed by atoms with Gasteiger partial charge in [-0.2, -0.15) is 0 Å². The van der Waals surface area contributed by atoms with Crippen molar-refractivity contribution in [1.82, 2.24) is 0 Å². The average Bonchev–Trinajstić information content (AvgIpc) is 2.95. The Hall–Kier alpha value is -1.90. The van der Waals surface area contributed by atoms with Gasteiger partial charge in [-0.15, -0.1) is 0 Å². The molecular weight excluding hydrogens is 342 g/mol. The SMILES string of the molecule is COc1ccc(F)c(-c2cc(F)c(CC(C)C)cc2[C@@H]2CCCC2(C)C)c1. The van der Waals surface area contributed by atoms with Crippen molar-refractivity contribution in [2.75, 3.05) is 7.11 Å². The normalized spacial score (nSPS) is 18.9. The maximum Gasteiger partial charge on any atom is 0.131 e. The summed E-state index contributed by atoms with van der Waals surface area (Å²) in [6.45, 7) is 8.71. The predicted molar refractivity (Wildman–Crippen MR) is 107 cm³/mol. The van der Waals surface area contributed by atoms with E-state index in [1.54, 1.807) is 25.3 Å². The Kier molecular flexibility index (Phi) is 5.60. The molecule has 27 heavy (non-hydrogen) atoms. The lowest BCUT2D eigenvalue weighted by molar-refractivity contribution is 0.332. The van der Waals surface area contributed by atoms with Crippen LogP contribution in [-0.2, 0) is 6.42 Å². The van der Waals surface area contributed by atoms with Crippen molar-refractivity contribution in [2.45, 2.75) is 59.3 Å². The van der Waals surface area contributed by atoms with Gasteiger partial charge >= 0.3 is 0 Å². The monoisotopic (exact) mass is 372 g/mol. The summed E-state index contributed by atoms with van der Waals surface area (Å²) in [7, 11) is 1.56. The van der Waals surface area contributed by atoms with E-state index in [1.165, 1.54) is 6.07 Å². The van der Waals surface area contributed by atoms with E-state index in [4.69, 9.17) is 4.74 Å². The second kappa shape index (κ2) is 7.61. The zero-order valence-corrected chi connectivity index (χ0v) is 17.0. The molecule has 1 aliphatic carbocycles. The van der Waals surface area contributed by atoms with E-state index in [0.717, 1.165) is 30.4 Å². The molecule has 0 aliphatic heterocycles. The first-order chi connectivity index (χ1) is 12.7. The van der Waals surface area contributed by atoms with E-state index in [0.29, 0.717) is 35.1 Å². The summed E-state index contributed by atoms with van der Waals surface area (Å²) in [5.74, 6) is 0.645. The Morgan fingerprint density at radius 3 is 2.41 bits per heavy atom. The minimum absolute atomic E-state index is 0.122. The van der Waals surface area contributed by atoms with E-state index in [1.807, 2.05) is 6.07 Å². The molecule has 0 heterocycles. The molecule has 2 aromatic carbocycles. The van der Waals surface area contributed by atoms with Gasteiger partial charge in [0.05, 0.1) is 7.11 Å². The van der Waals surface area contributed by atoms with Crippen LogP contribution in [0.4, 0.5) is 8.78 Å². The summed E-state index contributed by atoms with van der Waals surface area (Å²) in [4.78, 5) is 0. The fourth-order valence-electron chi connectivity index (χ4n) is 4.50. The summed E-state index contributed by atoms with van der Waals surface area (Å²) in [6.07, 6.45) is 4.02. The molecule has 0 amide bonds. The minimum Gasteiger partial charge on any atom is -0.497 e. The molecule has 3 heteroatoms. The second-order valence-corrected chi connectivity index (χ2v) is 8.91. The third-order valence-corrected chi connectivity index (χ3v) is 5.94. The molecule has 3 rings (SSSR count). The number of methoxy groups -OCH3 is 1. The van der Waals surface area contributed by atoms with Crippen molar-refractivity contribution in [1.29, 1.82) is 0 Å². The standard InChI is InChI=1S/C24H30F2O/c1-15(2)11-16-12-19(21-7-6-10-24(21,3)4)18(14-23(16)26)20-13-17(27-5)8-9-22(20)25/h8-9,12-15,21H,6-7,10-11H2,1-5H3/t21-/m0/s1. The van der Waals surface area contributed by atoms with Crippen LogP contribution in [0.1, 0.15) is 64.0 Å². The smallest absolute Gasteiger partial charge is 0.131 e. The fraction of sp³-hybridized carbons (Fsp3) is 0.500. The van der Waals surface area contributed by atoms with Gasteiger partial charge in [-0.3, -0.25) is 0 Å². The van der Waals surface area contributed by atoms with Crippen molar-refractivity contribution in [3.05, 3.63) is 53.1 Å². The highest BCUT2D eigenvalue weighted by molar-refractivity contribution is 5.71. The van der Waals surface area contributed by atoms with E-state index >= 15 is 0 Å². The molecule has 1 fully saturated rings. The van der Waals surface area contributed by atoms with Gasteiger partial charge in [-0.1, -0.05) is 40.2 Å². The van der Waals surface area contributed by atoms with Crippen molar-refractivity contribution < 1.29 is 13.5 Å². The van der Waals surface area contributed by atoms with Gasteiger partial charge in [0.15, 0.2) is 0 Å². The molecule has 0 N–H and O–H groups in total. The van der Waals surface area contributed by atoms with Crippen LogP contribution in [0.25, 0.3) is 11.1 Å². The molecule has 0 aromatic heterocycles. The molecule has 1 aliphatic rings. The third-order valence-electron chi connectivity index (χ3n) is 5.94. The highest BCUT2D eigenvalue weighted by atomic mass is 19.1. The molecule has 0 radical (unpaired) electrons. The number of rotatable bonds is 5. The van der Waals surface area contributed by atoms with Gasteiger partial charge in [0.2, 0.25) is 0 Å². The molecule has 1 atom stereocenters. The summed E-state index contributed by atoms with van der Waals surface area (Å²) >= 11 is 0. The van der Waals surface area contributed by atoms with E-state index in [-0.39, 0.29) is 17.0 Å². The Balaban J connectivity index is 2.22.